The normalized spacial score (nSPS) is 16.1. The molecule has 0 aliphatic carbocycles. The Balaban J connectivity index is 1.38. The van der Waals surface area contributed by atoms with Crippen molar-refractivity contribution in [3.05, 3.63) is 64.7 Å². The smallest absolute Gasteiger partial charge is 0.292 e. The van der Waals surface area contributed by atoms with Crippen molar-refractivity contribution < 1.29 is 9.72 Å². The van der Waals surface area contributed by atoms with Crippen LogP contribution in [0.4, 0.5) is 17.1 Å². The Labute approximate surface area is 158 Å². The third-order valence-corrected chi connectivity index (χ3v) is 4.76. The maximum absolute atomic E-state index is 12.1. The molecule has 7 heteroatoms. The highest BCUT2D eigenvalue weighted by Crippen LogP contribution is 2.24. The number of hydrogen-bond donors (Lipinski definition) is 2. The first kappa shape index (κ1) is 18.7. The van der Waals surface area contributed by atoms with Gasteiger partial charge in [-0.25, -0.2) is 0 Å². The van der Waals surface area contributed by atoms with Crippen molar-refractivity contribution in [2.75, 3.05) is 36.4 Å². The first-order chi connectivity index (χ1) is 13.1. The van der Waals surface area contributed by atoms with Crippen LogP contribution in [0.1, 0.15) is 12.8 Å². The number of para-hydroxylation sites is 3. The van der Waals surface area contributed by atoms with Gasteiger partial charge in [-0.1, -0.05) is 30.3 Å². The second-order valence-electron chi connectivity index (χ2n) is 6.69. The first-order valence-corrected chi connectivity index (χ1v) is 9.17. The number of nitrogens with zero attached hydrogens (tertiary/aromatic N) is 2. The van der Waals surface area contributed by atoms with Gasteiger partial charge in [-0.2, -0.15) is 0 Å². The van der Waals surface area contributed by atoms with Crippen LogP contribution >= 0.6 is 0 Å². The molecule has 0 saturated carbocycles. The summed E-state index contributed by atoms with van der Waals surface area (Å²) in [5.74, 6) is 0.400. The molecule has 0 aromatic heterocycles. The van der Waals surface area contributed by atoms with Crippen LogP contribution in [-0.4, -0.2) is 37.0 Å². The minimum absolute atomic E-state index is 0.0184. The van der Waals surface area contributed by atoms with E-state index in [-0.39, 0.29) is 18.0 Å². The van der Waals surface area contributed by atoms with E-state index in [0.29, 0.717) is 24.7 Å². The van der Waals surface area contributed by atoms with Crippen molar-refractivity contribution in [3.8, 4) is 0 Å². The summed E-state index contributed by atoms with van der Waals surface area (Å²) in [6.07, 6.45) is 1.34. The summed E-state index contributed by atoms with van der Waals surface area (Å²) < 4.78 is 0. The van der Waals surface area contributed by atoms with Crippen LogP contribution in [0.2, 0.25) is 0 Å². The third kappa shape index (κ3) is 5.20. The van der Waals surface area contributed by atoms with Crippen molar-refractivity contribution in [1.82, 2.24) is 5.32 Å². The van der Waals surface area contributed by atoms with E-state index in [1.54, 1.807) is 18.2 Å². The number of amides is 1. The minimum atomic E-state index is -0.430. The second-order valence-corrected chi connectivity index (χ2v) is 6.69. The van der Waals surface area contributed by atoms with E-state index < -0.39 is 4.92 Å². The molecule has 3 rings (SSSR count). The fourth-order valence-electron chi connectivity index (χ4n) is 3.31. The van der Waals surface area contributed by atoms with Gasteiger partial charge in [0.2, 0.25) is 5.91 Å². The van der Waals surface area contributed by atoms with Crippen LogP contribution in [-0.2, 0) is 4.79 Å². The summed E-state index contributed by atoms with van der Waals surface area (Å²) in [4.78, 5) is 25.0. The standard InChI is InChI=1S/C20H24N4O3/c25-20(10-12-21-18-8-4-5-9-19(18)24(26)27)22-14-16-11-13-23(15-16)17-6-2-1-3-7-17/h1-9,16,21H,10-15H2,(H,22,25). The van der Waals surface area contributed by atoms with Crippen LogP contribution in [0.3, 0.4) is 0 Å². The predicted molar refractivity (Wildman–Crippen MR) is 106 cm³/mol. The topological polar surface area (TPSA) is 87.5 Å². The van der Waals surface area contributed by atoms with Crippen molar-refractivity contribution in [2.45, 2.75) is 12.8 Å². The lowest BCUT2D eigenvalue weighted by molar-refractivity contribution is -0.384. The number of nitrogens with one attached hydrogen (secondary N) is 2. The molecule has 1 heterocycles. The Hall–Kier alpha value is -3.09. The molecule has 1 atom stereocenters. The van der Waals surface area contributed by atoms with Crippen LogP contribution in [0.15, 0.2) is 54.6 Å². The Kier molecular flexibility index (Phi) is 6.25. The largest absolute Gasteiger partial charge is 0.379 e. The molecule has 2 aromatic carbocycles. The Morgan fingerprint density at radius 2 is 1.89 bits per heavy atom. The molecular weight excluding hydrogens is 344 g/mol. The van der Waals surface area contributed by atoms with E-state index in [1.165, 1.54) is 11.8 Å². The van der Waals surface area contributed by atoms with E-state index in [1.807, 2.05) is 18.2 Å². The number of nitro groups is 1. The quantitative estimate of drug-likeness (QED) is 0.552. The summed E-state index contributed by atoms with van der Waals surface area (Å²) >= 11 is 0. The van der Waals surface area contributed by atoms with Crippen LogP contribution in [0.5, 0.6) is 0 Å². The maximum atomic E-state index is 12.1. The van der Waals surface area contributed by atoms with Crippen molar-refractivity contribution in [2.24, 2.45) is 5.92 Å². The molecule has 1 aliphatic rings. The number of hydrogen-bond acceptors (Lipinski definition) is 5. The summed E-state index contributed by atoms with van der Waals surface area (Å²) in [5, 5.41) is 16.9. The van der Waals surface area contributed by atoms with Crippen molar-refractivity contribution >= 4 is 23.0 Å². The predicted octanol–water partition coefficient (Wildman–Crippen LogP) is 3.04. The molecule has 2 aromatic rings. The molecule has 142 valence electrons. The summed E-state index contributed by atoms with van der Waals surface area (Å²) in [6.45, 7) is 2.97. The van der Waals surface area contributed by atoms with Gasteiger partial charge in [0.05, 0.1) is 4.92 Å². The number of carbonyl (C=O) groups excluding carboxylic acids is 1. The van der Waals surface area contributed by atoms with Crippen molar-refractivity contribution in [1.29, 1.82) is 0 Å². The van der Waals surface area contributed by atoms with E-state index >= 15 is 0 Å². The van der Waals surface area contributed by atoms with E-state index in [0.717, 1.165) is 19.5 Å². The van der Waals surface area contributed by atoms with Crippen LogP contribution in [0.25, 0.3) is 0 Å². The number of nitro benzene ring substituents is 1. The average Bonchev–Trinajstić information content (AvgIpc) is 3.16. The fraction of sp³-hybridized carbons (Fsp3) is 0.350. The zero-order chi connectivity index (χ0) is 19.1. The summed E-state index contributed by atoms with van der Waals surface area (Å²) in [7, 11) is 0. The Bertz CT molecular complexity index is 782. The number of rotatable bonds is 8. The highest BCUT2D eigenvalue weighted by atomic mass is 16.6. The van der Waals surface area contributed by atoms with E-state index in [4.69, 9.17) is 0 Å². The van der Waals surface area contributed by atoms with Gasteiger partial charge in [0.25, 0.3) is 5.69 Å². The van der Waals surface area contributed by atoms with Gasteiger partial charge in [-0.05, 0) is 30.5 Å². The molecule has 7 nitrogen and oxygen atoms in total. The van der Waals surface area contributed by atoms with Gasteiger partial charge in [0, 0.05) is 44.4 Å². The van der Waals surface area contributed by atoms with Gasteiger partial charge in [-0.15, -0.1) is 0 Å². The molecular formula is C20H24N4O3. The van der Waals surface area contributed by atoms with Gasteiger partial charge in [0.15, 0.2) is 0 Å². The molecule has 1 fully saturated rings. The molecule has 0 bridgehead atoms. The molecule has 1 unspecified atom stereocenters. The van der Waals surface area contributed by atoms with Crippen LogP contribution in [0, 0.1) is 16.0 Å². The number of carbonyl (C=O) groups is 1. The summed E-state index contributed by atoms with van der Waals surface area (Å²) in [6, 6.07) is 16.7. The molecule has 0 radical (unpaired) electrons. The van der Waals surface area contributed by atoms with Gasteiger partial charge < -0.3 is 15.5 Å². The average molecular weight is 368 g/mol. The number of anilines is 2. The molecule has 1 amide bonds. The molecule has 27 heavy (non-hydrogen) atoms. The van der Waals surface area contributed by atoms with Crippen LogP contribution < -0.4 is 15.5 Å². The lowest BCUT2D eigenvalue weighted by Gasteiger charge is -2.18. The lowest BCUT2D eigenvalue weighted by Crippen LogP contribution is -2.32. The summed E-state index contributed by atoms with van der Waals surface area (Å²) in [5.41, 5.74) is 1.68. The highest BCUT2D eigenvalue weighted by molar-refractivity contribution is 5.76. The Morgan fingerprint density at radius 1 is 1.15 bits per heavy atom. The minimum Gasteiger partial charge on any atom is -0.379 e. The zero-order valence-corrected chi connectivity index (χ0v) is 15.1. The SMILES string of the molecule is O=C(CCNc1ccccc1[N+](=O)[O-])NCC1CCN(c2ccccc2)C1. The van der Waals surface area contributed by atoms with Gasteiger partial charge in [0.1, 0.15) is 5.69 Å². The number of benzene rings is 2. The van der Waals surface area contributed by atoms with E-state index in [9.17, 15) is 14.9 Å². The van der Waals surface area contributed by atoms with Gasteiger partial charge >= 0.3 is 0 Å². The second kappa shape index (κ2) is 9.02. The Morgan fingerprint density at radius 3 is 2.67 bits per heavy atom. The highest BCUT2D eigenvalue weighted by Gasteiger charge is 2.22. The first-order valence-electron chi connectivity index (χ1n) is 9.17. The maximum Gasteiger partial charge on any atom is 0.292 e. The molecule has 2 N–H and O–H groups in total. The fourth-order valence-corrected chi connectivity index (χ4v) is 3.31. The molecule has 0 spiro atoms. The van der Waals surface area contributed by atoms with E-state index in [2.05, 4.69) is 27.7 Å². The third-order valence-electron chi connectivity index (χ3n) is 4.76. The van der Waals surface area contributed by atoms with Gasteiger partial charge in [-0.3, -0.25) is 14.9 Å². The lowest BCUT2D eigenvalue weighted by atomic mass is 10.1. The molecule has 1 aliphatic heterocycles. The van der Waals surface area contributed by atoms with Crippen molar-refractivity contribution in [3.63, 3.8) is 0 Å². The molecule has 1 saturated heterocycles. The zero-order valence-electron chi connectivity index (χ0n) is 15.1. The monoisotopic (exact) mass is 368 g/mol.